The van der Waals surface area contributed by atoms with E-state index >= 15 is 0 Å². The van der Waals surface area contributed by atoms with Crippen molar-refractivity contribution in [2.24, 2.45) is 5.41 Å². The smallest absolute Gasteiger partial charge is 0.268 e. The van der Waals surface area contributed by atoms with Crippen LogP contribution in [0.2, 0.25) is 0 Å². The average Bonchev–Trinajstić information content (AvgIpc) is 3.21. The highest BCUT2D eigenvalue weighted by Crippen LogP contribution is 2.42. The molecule has 3 aromatic carbocycles. The molecule has 1 heterocycles. The Morgan fingerprint density at radius 1 is 0.795 bits per heavy atom. The summed E-state index contributed by atoms with van der Waals surface area (Å²) in [6.45, 7) is 7.88. The Bertz CT molecular complexity index is 1800. The first-order valence-electron chi connectivity index (χ1n) is 13.0. The molecule has 1 N–H and O–H groups in total. The minimum absolute atomic E-state index is 0.121. The second-order valence-electron chi connectivity index (χ2n) is 10.9. The van der Waals surface area contributed by atoms with Crippen LogP contribution in [0.15, 0.2) is 76.5 Å². The van der Waals surface area contributed by atoms with Crippen LogP contribution in [0.4, 0.5) is 5.69 Å². The van der Waals surface area contributed by atoms with Crippen LogP contribution in [0.5, 0.6) is 0 Å². The highest BCUT2D eigenvalue weighted by molar-refractivity contribution is 7.92. The average molecular weight is 565 g/mol. The number of aromatic nitrogens is 1. The molecule has 9 heteroatoms. The third-order valence-corrected chi connectivity index (χ3v) is 10.5. The molecular formula is C30H32N2O5S2. The van der Waals surface area contributed by atoms with Gasteiger partial charge in [0, 0.05) is 28.8 Å². The second kappa shape index (κ2) is 9.64. The minimum Gasteiger partial charge on any atom is -0.294 e. The van der Waals surface area contributed by atoms with Crippen molar-refractivity contribution in [3.63, 3.8) is 0 Å². The molecule has 0 unspecified atom stereocenters. The molecule has 0 fully saturated rings. The summed E-state index contributed by atoms with van der Waals surface area (Å²) in [6.07, 6.45) is 2.24. The van der Waals surface area contributed by atoms with Gasteiger partial charge < -0.3 is 0 Å². The summed E-state index contributed by atoms with van der Waals surface area (Å²) in [6, 6.07) is 18.1. The quantitative estimate of drug-likeness (QED) is 0.298. The molecule has 0 spiro atoms. The van der Waals surface area contributed by atoms with Crippen molar-refractivity contribution in [2.45, 2.75) is 63.2 Å². The number of rotatable bonds is 7. The molecule has 5 rings (SSSR count). The van der Waals surface area contributed by atoms with Crippen molar-refractivity contribution in [3.8, 4) is 0 Å². The summed E-state index contributed by atoms with van der Waals surface area (Å²) in [5.74, 6) is -0.156. The Labute approximate surface area is 230 Å². The number of fused-ring (bicyclic) bond motifs is 3. The molecule has 0 saturated heterocycles. The number of hydrogen-bond donors (Lipinski definition) is 1. The van der Waals surface area contributed by atoms with Gasteiger partial charge in [-0.15, -0.1) is 0 Å². The normalized spacial score (nSPS) is 15.3. The number of hydrogen-bond acceptors (Lipinski definition) is 5. The van der Waals surface area contributed by atoms with E-state index in [0.717, 1.165) is 24.0 Å². The lowest BCUT2D eigenvalue weighted by Crippen LogP contribution is -2.29. The molecule has 1 aromatic heterocycles. The van der Waals surface area contributed by atoms with E-state index in [1.807, 2.05) is 27.7 Å². The van der Waals surface area contributed by atoms with Gasteiger partial charge in [0.25, 0.3) is 20.0 Å². The molecule has 0 aliphatic heterocycles. The fourth-order valence-corrected chi connectivity index (χ4v) is 7.89. The maximum Gasteiger partial charge on any atom is 0.268 e. The summed E-state index contributed by atoms with van der Waals surface area (Å²) in [5.41, 5.74) is 2.99. The van der Waals surface area contributed by atoms with Gasteiger partial charge in [0.2, 0.25) is 0 Å². The topological polar surface area (TPSA) is 102 Å². The van der Waals surface area contributed by atoms with E-state index in [2.05, 4.69) is 4.72 Å². The maximum atomic E-state index is 14.0. The van der Waals surface area contributed by atoms with E-state index in [4.69, 9.17) is 0 Å². The third kappa shape index (κ3) is 4.89. The molecular weight excluding hydrogens is 532 g/mol. The Morgan fingerprint density at radius 3 is 1.92 bits per heavy atom. The first kappa shape index (κ1) is 27.1. The van der Waals surface area contributed by atoms with Crippen molar-refractivity contribution in [1.29, 1.82) is 0 Å². The lowest BCUT2D eigenvalue weighted by molar-refractivity contribution is 0.0913. The lowest BCUT2D eigenvalue weighted by Gasteiger charge is -2.29. The fraction of sp³-hybridized carbons (Fsp3) is 0.300. The lowest BCUT2D eigenvalue weighted by atomic mass is 9.76. The van der Waals surface area contributed by atoms with Crippen LogP contribution >= 0.6 is 0 Å². The van der Waals surface area contributed by atoms with Gasteiger partial charge in [0.15, 0.2) is 5.78 Å². The Kier molecular flexibility index (Phi) is 6.71. The van der Waals surface area contributed by atoms with Gasteiger partial charge >= 0.3 is 0 Å². The number of nitrogens with one attached hydrogen (secondary N) is 1. The Morgan fingerprint density at radius 2 is 1.36 bits per heavy atom. The van der Waals surface area contributed by atoms with Crippen molar-refractivity contribution in [2.75, 3.05) is 4.72 Å². The molecule has 1 aliphatic rings. The van der Waals surface area contributed by atoms with Gasteiger partial charge in [0.1, 0.15) is 0 Å². The van der Waals surface area contributed by atoms with Crippen molar-refractivity contribution in [3.05, 3.63) is 89.1 Å². The zero-order chi connectivity index (χ0) is 28.2. The third-order valence-electron chi connectivity index (χ3n) is 7.35. The van der Waals surface area contributed by atoms with Crippen LogP contribution in [0.25, 0.3) is 10.9 Å². The number of nitrogens with zero attached hydrogens (tertiary/aromatic N) is 1. The number of carbonyl (C=O) groups excluding carboxylic acids is 1. The fourth-order valence-electron chi connectivity index (χ4n) is 5.28. The van der Waals surface area contributed by atoms with Gasteiger partial charge in [-0.2, -0.15) is 0 Å². The summed E-state index contributed by atoms with van der Waals surface area (Å²) >= 11 is 0. The first-order valence-corrected chi connectivity index (χ1v) is 16.0. The summed E-state index contributed by atoms with van der Waals surface area (Å²) in [5, 5.41) is 0.417. The number of benzene rings is 3. The van der Waals surface area contributed by atoms with Crippen LogP contribution < -0.4 is 4.72 Å². The largest absolute Gasteiger partial charge is 0.294 e. The number of carbonyl (C=O) groups is 1. The van der Waals surface area contributed by atoms with Crippen molar-refractivity contribution in [1.82, 2.24) is 3.97 Å². The van der Waals surface area contributed by atoms with E-state index in [0.29, 0.717) is 28.6 Å². The van der Waals surface area contributed by atoms with Gasteiger partial charge in [-0.25, -0.2) is 20.8 Å². The monoisotopic (exact) mass is 564 g/mol. The molecule has 1 aliphatic carbocycles. The van der Waals surface area contributed by atoms with E-state index in [1.54, 1.807) is 60.7 Å². The molecule has 0 bridgehead atoms. The van der Waals surface area contributed by atoms with E-state index in [9.17, 15) is 21.6 Å². The zero-order valence-corrected chi connectivity index (χ0v) is 24.1. The molecule has 0 saturated carbocycles. The van der Waals surface area contributed by atoms with Crippen molar-refractivity contribution < 1.29 is 21.6 Å². The van der Waals surface area contributed by atoms with Crippen LogP contribution in [0, 0.1) is 5.41 Å². The summed E-state index contributed by atoms with van der Waals surface area (Å²) in [4.78, 5) is 13.7. The highest BCUT2D eigenvalue weighted by atomic mass is 32.2. The van der Waals surface area contributed by atoms with Crippen LogP contribution in [-0.4, -0.2) is 26.6 Å². The minimum atomic E-state index is -4.03. The number of ketones is 1. The molecule has 0 radical (unpaired) electrons. The molecule has 7 nitrogen and oxygen atoms in total. The van der Waals surface area contributed by atoms with Gasteiger partial charge in [-0.05, 0) is 78.3 Å². The van der Waals surface area contributed by atoms with Gasteiger partial charge in [-0.3, -0.25) is 9.52 Å². The number of anilines is 1. The maximum absolute atomic E-state index is 14.0. The molecule has 204 valence electrons. The number of aryl methyl sites for hydroxylation is 2. The summed E-state index contributed by atoms with van der Waals surface area (Å²) in [7, 11) is -7.93. The van der Waals surface area contributed by atoms with Crippen LogP contribution in [0.3, 0.4) is 0 Å². The van der Waals surface area contributed by atoms with E-state index < -0.39 is 25.5 Å². The standard InChI is InChI=1S/C30H32N2O5S2/c1-5-20-7-12-23(13-8-20)38(34,35)31-22-11-16-26-25(17-22)29-27(18-30(3,4)19-28(29)33)32(26)39(36,37)24-14-9-21(6-2)10-15-24/h7-17,31H,5-6,18-19H2,1-4H3. The molecule has 39 heavy (non-hydrogen) atoms. The van der Waals surface area contributed by atoms with E-state index in [-0.39, 0.29) is 27.7 Å². The highest BCUT2D eigenvalue weighted by Gasteiger charge is 2.38. The van der Waals surface area contributed by atoms with Crippen LogP contribution in [-0.2, 0) is 39.3 Å². The Balaban J connectivity index is 1.66. The molecule has 4 aromatic rings. The SMILES string of the molecule is CCc1ccc(S(=O)(=O)Nc2ccc3c(c2)c2c(n3S(=O)(=O)c3ccc(CC)cc3)CC(C)(C)CC2=O)cc1. The Hall–Kier alpha value is -3.43. The number of Topliss-reactive ketones (excluding diaryl/α,β-unsaturated/α-hetero) is 1. The summed E-state index contributed by atoms with van der Waals surface area (Å²) < 4.78 is 58.0. The van der Waals surface area contributed by atoms with Crippen LogP contribution in [0.1, 0.15) is 61.3 Å². The predicted molar refractivity (Wildman–Crippen MR) is 153 cm³/mol. The van der Waals surface area contributed by atoms with Gasteiger partial charge in [0.05, 0.1) is 15.3 Å². The van der Waals surface area contributed by atoms with Crippen molar-refractivity contribution >= 4 is 42.4 Å². The van der Waals surface area contributed by atoms with E-state index in [1.165, 1.54) is 10.0 Å². The first-order chi connectivity index (χ1) is 18.4. The zero-order valence-electron chi connectivity index (χ0n) is 22.5. The predicted octanol–water partition coefficient (Wildman–Crippen LogP) is 5.96. The van der Waals surface area contributed by atoms with Gasteiger partial charge in [-0.1, -0.05) is 52.0 Å². The molecule has 0 atom stereocenters. The second-order valence-corrected chi connectivity index (χ2v) is 14.3. The molecule has 0 amide bonds. The number of sulfonamides is 1.